The van der Waals surface area contributed by atoms with Gasteiger partial charge >= 0.3 is 5.97 Å². The predicted octanol–water partition coefficient (Wildman–Crippen LogP) is 1.76. The number of nitrogens with two attached hydrogens (primary N) is 1. The zero-order valence-electron chi connectivity index (χ0n) is 11.6. The van der Waals surface area contributed by atoms with Crippen molar-refractivity contribution in [2.75, 3.05) is 14.2 Å². The fraction of sp³-hybridized carbons (Fsp3) is 0.533. The monoisotopic (exact) mass is 279 g/mol. The first-order chi connectivity index (χ1) is 9.46. The van der Waals surface area contributed by atoms with Crippen molar-refractivity contribution in [3.63, 3.8) is 0 Å². The molecule has 2 N–H and O–H groups in total. The van der Waals surface area contributed by atoms with Crippen LogP contribution in [0.25, 0.3) is 0 Å². The third-order valence-corrected chi connectivity index (χ3v) is 4.95. The molecule has 5 heteroatoms. The van der Waals surface area contributed by atoms with Crippen LogP contribution < -0.4 is 10.5 Å². The molecule has 20 heavy (non-hydrogen) atoms. The summed E-state index contributed by atoms with van der Waals surface area (Å²) in [6, 6.07) is 4.42. The Hall–Kier alpha value is -1.62. The summed E-state index contributed by atoms with van der Waals surface area (Å²) in [7, 11) is 2.81. The van der Waals surface area contributed by atoms with E-state index in [9.17, 15) is 9.18 Å². The zero-order chi connectivity index (χ0) is 14.5. The van der Waals surface area contributed by atoms with Crippen molar-refractivity contribution in [3.8, 4) is 5.75 Å². The normalized spacial score (nSPS) is 31.8. The first kappa shape index (κ1) is 13.4. The van der Waals surface area contributed by atoms with Gasteiger partial charge in [-0.05, 0) is 47.8 Å². The first-order valence-electron chi connectivity index (χ1n) is 6.64. The third kappa shape index (κ3) is 1.59. The van der Waals surface area contributed by atoms with Crippen LogP contribution in [0.1, 0.15) is 24.8 Å². The molecule has 0 aromatic heterocycles. The van der Waals surface area contributed by atoms with Crippen molar-refractivity contribution in [1.29, 1.82) is 0 Å². The fourth-order valence-corrected chi connectivity index (χ4v) is 3.87. The van der Waals surface area contributed by atoms with Gasteiger partial charge in [-0.2, -0.15) is 0 Å². The largest absolute Gasteiger partial charge is 0.494 e. The van der Waals surface area contributed by atoms with E-state index < -0.39 is 6.04 Å². The second-order valence-corrected chi connectivity index (χ2v) is 6.02. The SMILES string of the molecule is COC(=O)C(N)C12CC(c3ccc(F)c(OC)c3)(C1)C2. The number of rotatable bonds is 4. The van der Waals surface area contributed by atoms with Gasteiger partial charge in [0.15, 0.2) is 11.6 Å². The molecule has 108 valence electrons. The Morgan fingerprint density at radius 3 is 2.55 bits per heavy atom. The molecule has 3 aliphatic rings. The highest BCUT2D eigenvalue weighted by Gasteiger charge is 2.71. The van der Waals surface area contributed by atoms with Crippen LogP contribution >= 0.6 is 0 Å². The van der Waals surface area contributed by atoms with Crippen molar-refractivity contribution in [2.24, 2.45) is 11.1 Å². The highest BCUT2D eigenvalue weighted by molar-refractivity contribution is 5.78. The van der Waals surface area contributed by atoms with Crippen LogP contribution in [-0.2, 0) is 14.9 Å². The standard InChI is InChI=1S/C15H18FNO3/c1-19-11-5-9(3-4-10(11)16)14-6-15(7-14,8-14)12(17)13(18)20-2/h3-5,12H,6-8,17H2,1-2H3. The summed E-state index contributed by atoms with van der Waals surface area (Å²) >= 11 is 0. The van der Waals surface area contributed by atoms with Gasteiger partial charge in [-0.25, -0.2) is 4.39 Å². The molecular weight excluding hydrogens is 261 g/mol. The molecule has 3 fully saturated rings. The Kier molecular flexibility index (Phi) is 2.80. The van der Waals surface area contributed by atoms with E-state index in [0.717, 1.165) is 24.8 Å². The molecule has 4 nitrogen and oxygen atoms in total. The zero-order valence-corrected chi connectivity index (χ0v) is 11.6. The van der Waals surface area contributed by atoms with Crippen LogP contribution in [-0.4, -0.2) is 26.2 Å². The number of carbonyl (C=O) groups is 1. The lowest BCUT2D eigenvalue weighted by Crippen LogP contribution is -2.72. The summed E-state index contributed by atoms with van der Waals surface area (Å²) in [6.45, 7) is 0. The summed E-state index contributed by atoms with van der Waals surface area (Å²) in [6.07, 6.45) is 2.56. The second kappa shape index (κ2) is 4.19. The molecule has 0 saturated heterocycles. The maximum atomic E-state index is 13.4. The molecule has 1 aromatic carbocycles. The quantitative estimate of drug-likeness (QED) is 0.853. The van der Waals surface area contributed by atoms with E-state index in [0.29, 0.717) is 0 Å². The Morgan fingerprint density at radius 2 is 2.00 bits per heavy atom. The summed E-state index contributed by atoms with van der Waals surface area (Å²) in [5, 5.41) is 0. The highest BCUT2D eigenvalue weighted by atomic mass is 19.1. The van der Waals surface area contributed by atoms with Crippen LogP contribution in [0.4, 0.5) is 4.39 Å². The molecule has 0 amide bonds. The van der Waals surface area contributed by atoms with Gasteiger partial charge in [-0.15, -0.1) is 0 Å². The molecular formula is C15H18FNO3. The van der Waals surface area contributed by atoms with Crippen molar-refractivity contribution in [2.45, 2.75) is 30.7 Å². The molecule has 3 saturated carbocycles. The third-order valence-electron chi connectivity index (χ3n) is 4.95. The van der Waals surface area contributed by atoms with Gasteiger partial charge in [-0.3, -0.25) is 4.79 Å². The summed E-state index contributed by atoms with van der Waals surface area (Å²) in [5.74, 6) is -0.447. The lowest BCUT2D eigenvalue weighted by atomic mass is 9.31. The number of hydrogen-bond donors (Lipinski definition) is 1. The van der Waals surface area contributed by atoms with Gasteiger partial charge in [0.25, 0.3) is 0 Å². The van der Waals surface area contributed by atoms with Crippen LogP contribution in [0.3, 0.4) is 0 Å². The molecule has 1 aromatic rings. The van der Waals surface area contributed by atoms with Crippen LogP contribution in [0.15, 0.2) is 18.2 Å². The summed E-state index contributed by atoms with van der Waals surface area (Å²) < 4.78 is 23.2. The van der Waals surface area contributed by atoms with E-state index in [1.165, 1.54) is 20.3 Å². The van der Waals surface area contributed by atoms with Gasteiger partial charge in [0.05, 0.1) is 14.2 Å². The van der Waals surface area contributed by atoms with Crippen molar-refractivity contribution in [3.05, 3.63) is 29.6 Å². The minimum Gasteiger partial charge on any atom is -0.494 e. The van der Waals surface area contributed by atoms with Gasteiger partial charge in [0.1, 0.15) is 6.04 Å². The Morgan fingerprint density at radius 1 is 1.35 bits per heavy atom. The molecule has 3 aliphatic carbocycles. The minimum atomic E-state index is -0.559. The lowest BCUT2D eigenvalue weighted by molar-refractivity contribution is -0.181. The molecule has 2 bridgehead atoms. The lowest BCUT2D eigenvalue weighted by Gasteiger charge is -2.72. The highest BCUT2D eigenvalue weighted by Crippen LogP contribution is 2.74. The number of carbonyl (C=O) groups excluding carboxylic acids is 1. The van der Waals surface area contributed by atoms with E-state index in [4.69, 9.17) is 15.2 Å². The van der Waals surface area contributed by atoms with E-state index >= 15 is 0 Å². The molecule has 0 heterocycles. The predicted molar refractivity (Wildman–Crippen MR) is 70.9 cm³/mol. The fourth-order valence-electron chi connectivity index (χ4n) is 3.87. The number of halogens is 1. The van der Waals surface area contributed by atoms with E-state index in [1.54, 1.807) is 12.1 Å². The Balaban J connectivity index is 1.77. The molecule has 0 radical (unpaired) electrons. The molecule has 1 atom stereocenters. The van der Waals surface area contributed by atoms with Crippen LogP contribution in [0, 0.1) is 11.2 Å². The summed E-state index contributed by atoms with van der Waals surface area (Å²) in [4.78, 5) is 11.5. The maximum Gasteiger partial charge on any atom is 0.323 e. The minimum absolute atomic E-state index is 0.0343. The van der Waals surface area contributed by atoms with Gasteiger partial charge in [0, 0.05) is 0 Å². The van der Waals surface area contributed by atoms with Crippen LogP contribution in [0.2, 0.25) is 0 Å². The number of hydrogen-bond acceptors (Lipinski definition) is 4. The maximum absolute atomic E-state index is 13.4. The summed E-state index contributed by atoms with van der Waals surface area (Å²) in [5.41, 5.74) is 6.93. The average Bonchev–Trinajstić information content (AvgIpc) is 2.36. The first-order valence-corrected chi connectivity index (χ1v) is 6.64. The van der Waals surface area contributed by atoms with Crippen LogP contribution in [0.5, 0.6) is 5.75 Å². The topological polar surface area (TPSA) is 61.5 Å². The smallest absolute Gasteiger partial charge is 0.323 e. The number of methoxy groups -OCH3 is 2. The Bertz CT molecular complexity index is 552. The molecule has 0 aliphatic heterocycles. The molecule has 1 unspecified atom stereocenters. The second-order valence-electron chi connectivity index (χ2n) is 6.02. The molecule has 0 spiro atoms. The van der Waals surface area contributed by atoms with E-state index in [1.807, 2.05) is 0 Å². The Labute approximate surface area is 117 Å². The van der Waals surface area contributed by atoms with Crippen molar-refractivity contribution < 1.29 is 18.7 Å². The van der Waals surface area contributed by atoms with Crippen molar-refractivity contribution in [1.82, 2.24) is 0 Å². The number of esters is 1. The average molecular weight is 279 g/mol. The number of ether oxygens (including phenoxy) is 2. The van der Waals surface area contributed by atoms with E-state index in [-0.39, 0.29) is 28.4 Å². The van der Waals surface area contributed by atoms with Gasteiger partial charge < -0.3 is 15.2 Å². The van der Waals surface area contributed by atoms with Gasteiger partial charge in [0.2, 0.25) is 0 Å². The molecule has 4 rings (SSSR count). The van der Waals surface area contributed by atoms with Gasteiger partial charge in [-0.1, -0.05) is 6.07 Å². The number of benzene rings is 1. The van der Waals surface area contributed by atoms with E-state index in [2.05, 4.69) is 0 Å². The van der Waals surface area contributed by atoms with Crippen molar-refractivity contribution >= 4 is 5.97 Å².